The van der Waals surface area contributed by atoms with Crippen LogP contribution in [0.4, 0.5) is 4.39 Å². The van der Waals surface area contributed by atoms with E-state index >= 15 is 0 Å². The van der Waals surface area contributed by atoms with Gasteiger partial charge < -0.3 is 5.11 Å². The first kappa shape index (κ1) is 9.54. The van der Waals surface area contributed by atoms with Crippen molar-refractivity contribution in [1.29, 1.82) is 0 Å². The minimum Gasteiger partial charge on any atom is -0.506 e. The van der Waals surface area contributed by atoms with Crippen molar-refractivity contribution in [3.05, 3.63) is 24.9 Å². The van der Waals surface area contributed by atoms with E-state index in [4.69, 9.17) is 16.7 Å². The number of phenols is 1. The Morgan fingerprint density at radius 2 is 2.18 bits per heavy atom. The van der Waals surface area contributed by atoms with Gasteiger partial charge in [-0.05, 0) is 44.6 Å². The van der Waals surface area contributed by atoms with Gasteiger partial charge in [-0.25, -0.2) is 4.39 Å². The number of rotatable bonds is 0. The van der Waals surface area contributed by atoms with E-state index < -0.39 is 5.82 Å². The Morgan fingerprint density at radius 3 is 2.73 bits per heavy atom. The molecule has 11 heavy (non-hydrogen) atoms. The number of halogens is 4. The van der Waals surface area contributed by atoms with Crippen LogP contribution in [0.1, 0.15) is 0 Å². The molecule has 0 heterocycles. The highest BCUT2D eigenvalue weighted by Gasteiger charge is 2.12. The van der Waals surface area contributed by atoms with Crippen molar-refractivity contribution in [3.63, 3.8) is 0 Å². The van der Waals surface area contributed by atoms with Crippen LogP contribution in [0, 0.1) is 9.39 Å². The summed E-state index contributed by atoms with van der Waals surface area (Å²) in [6.07, 6.45) is 0. The van der Waals surface area contributed by atoms with Crippen LogP contribution in [-0.4, -0.2) is 5.11 Å². The molecule has 1 nitrogen and oxygen atoms in total. The van der Waals surface area contributed by atoms with E-state index in [-0.39, 0.29) is 14.3 Å². The summed E-state index contributed by atoms with van der Waals surface area (Å²) < 4.78 is 13.4. The molecule has 0 aliphatic carbocycles. The molecule has 0 amide bonds. The van der Waals surface area contributed by atoms with Crippen LogP contribution in [0.15, 0.2) is 10.5 Å². The molecule has 0 saturated carbocycles. The third-order valence-electron chi connectivity index (χ3n) is 1.09. The highest BCUT2D eigenvalue weighted by molar-refractivity contribution is 14.1. The molecule has 1 aromatic rings. The molecule has 0 bridgehead atoms. The second kappa shape index (κ2) is 3.45. The molecule has 1 aromatic carbocycles. The monoisotopic (exact) mass is 350 g/mol. The Labute approximate surface area is 89.8 Å². The smallest absolute Gasteiger partial charge is 0.158 e. The van der Waals surface area contributed by atoms with Gasteiger partial charge >= 0.3 is 0 Å². The molecule has 0 aromatic heterocycles. The van der Waals surface area contributed by atoms with E-state index in [0.29, 0.717) is 4.47 Å². The number of phenolic OH excluding ortho intramolecular Hbond substituents is 1. The average Bonchev–Trinajstić information content (AvgIpc) is 1.97. The molecule has 1 rings (SSSR count). The Kier molecular flexibility index (Phi) is 2.99. The first-order valence-corrected chi connectivity index (χ1v) is 4.81. The highest BCUT2D eigenvalue weighted by Crippen LogP contribution is 2.34. The average molecular weight is 351 g/mol. The normalized spacial score (nSPS) is 10.2. The quantitative estimate of drug-likeness (QED) is 0.431. The van der Waals surface area contributed by atoms with E-state index in [0.717, 1.165) is 0 Å². The number of aromatic hydroxyl groups is 1. The zero-order valence-electron chi connectivity index (χ0n) is 5.04. The van der Waals surface area contributed by atoms with Gasteiger partial charge in [0, 0.05) is 0 Å². The number of hydrogen-bond acceptors (Lipinski definition) is 1. The summed E-state index contributed by atoms with van der Waals surface area (Å²) in [6, 6.07) is 1.31. The van der Waals surface area contributed by atoms with Crippen molar-refractivity contribution in [2.24, 2.45) is 0 Å². The van der Waals surface area contributed by atoms with Crippen molar-refractivity contribution in [1.82, 2.24) is 0 Å². The zero-order valence-corrected chi connectivity index (χ0v) is 9.54. The molecule has 0 radical (unpaired) electrons. The predicted molar refractivity (Wildman–Crippen MR) is 53.5 cm³/mol. The van der Waals surface area contributed by atoms with Gasteiger partial charge in [-0.2, -0.15) is 0 Å². The van der Waals surface area contributed by atoms with Crippen LogP contribution in [-0.2, 0) is 0 Å². The van der Waals surface area contributed by atoms with E-state index in [1.807, 2.05) is 0 Å². The maximum absolute atomic E-state index is 12.9. The van der Waals surface area contributed by atoms with Gasteiger partial charge in [0.15, 0.2) is 5.82 Å². The molecular formula is C6H2BrClFIO. The van der Waals surface area contributed by atoms with Crippen LogP contribution in [0.5, 0.6) is 5.75 Å². The maximum atomic E-state index is 12.9. The summed E-state index contributed by atoms with van der Waals surface area (Å²) in [4.78, 5) is 0. The number of hydrogen-bond donors (Lipinski definition) is 1. The van der Waals surface area contributed by atoms with Crippen molar-refractivity contribution in [3.8, 4) is 5.75 Å². The minimum atomic E-state index is -0.590. The molecule has 5 heteroatoms. The first-order valence-electron chi connectivity index (χ1n) is 2.56. The Morgan fingerprint density at radius 1 is 1.64 bits per heavy atom. The predicted octanol–water partition coefficient (Wildman–Crippen LogP) is 3.55. The fraction of sp³-hybridized carbons (Fsp3) is 0. The summed E-state index contributed by atoms with van der Waals surface area (Å²) in [5, 5.41) is 9.16. The Bertz CT molecular complexity index is 279. The fourth-order valence-corrected chi connectivity index (χ4v) is 2.43. The lowest BCUT2D eigenvalue weighted by molar-refractivity contribution is 0.460. The first-order chi connectivity index (χ1) is 5.04. The highest BCUT2D eigenvalue weighted by atomic mass is 127. The van der Waals surface area contributed by atoms with Gasteiger partial charge in [-0.15, -0.1) is 0 Å². The molecule has 0 saturated heterocycles. The molecule has 0 aliphatic rings. The molecule has 0 spiro atoms. The third kappa shape index (κ3) is 1.78. The summed E-state index contributed by atoms with van der Waals surface area (Å²) in [5.41, 5.74) is 0. The van der Waals surface area contributed by atoms with Crippen molar-refractivity contribution >= 4 is 50.1 Å². The Hall–Kier alpha value is 0.450. The largest absolute Gasteiger partial charge is 0.506 e. The fourth-order valence-electron chi connectivity index (χ4n) is 0.557. The SMILES string of the molecule is Oc1c(Br)cc(Cl)c(F)c1I. The molecular weight excluding hydrogens is 349 g/mol. The molecule has 60 valence electrons. The summed E-state index contributed by atoms with van der Waals surface area (Å²) in [6.45, 7) is 0. The van der Waals surface area contributed by atoms with Crippen LogP contribution in [0.25, 0.3) is 0 Å². The molecule has 0 fully saturated rings. The summed E-state index contributed by atoms with van der Waals surface area (Å²) >= 11 is 10.2. The van der Waals surface area contributed by atoms with Gasteiger partial charge in [0.2, 0.25) is 0 Å². The lowest BCUT2D eigenvalue weighted by Crippen LogP contribution is -1.85. The molecule has 0 aliphatic heterocycles. The van der Waals surface area contributed by atoms with Crippen LogP contribution < -0.4 is 0 Å². The minimum absolute atomic E-state index is 0.000856. The van der Waals surface area contributed by atoms with Gasteiger partial charge in [0.05, 0.1) is 13.1 Å². The van der Waals surface area contributed by atoms with E-state index in [1.54, 1.807) is 22.6 Å². The zero-order chi connectivity index (χ0) is 8.59. The summed E-state index contributed by atoms with van der Waals surface area (Å²) in [7, 11) is 0. The maximum Gasteiger partial charge on any atom is 0.158 e. The van der Waals surface area contributed by atoms with Crippen LogP contribution in [0.2, 0.25) is 5.02 Å². The second-order valence-electron chi connectivity index (χ2n) is 1.82. The number of benzene rings is 1. The van der Waals surface area contributed by atoms with Gasteiger partial charge in [-0.3, -0.25) is 0 Å². The van der Waals surface area contributed by atoms with Crippen molar-refractivity contribution < 1.29 is 9.50 Å². The van der Waals surface area contributed by atoms with Gasteiger partial charge in [0.25, 0.3) is 0 Å². The van der Waals surface area contributed by atoms with Crippen molar-refractivity contribution in [2.75, 3.05) is 0 Å². The lowest BCUT2D eigenvalue weighted by Gasteiger charge is -2.02. The van der Waals surface area contributed by atoms with E-state index in [2.05, 4.69) is 15.9 Å². The van der Waals surface area contributed by atoms with E-state index in [1.165, 1.54) is 6.07 Å². The van der Waals surface area contributed by atoms with Crippen LogP contribution in [0.3, 0.4) is 0 Å². The second-order valence-corrected chi connectivity index (χ2v) is 4.16. The van der Waals surface area contributed by atoms with Crippen LogP contribution >= 0.6 is 50.1 Å². The topological polar surface area (TPSA) is 20.2 Å². The molecule has 1 N–H and O–H groups in total. The lowest BCUT2D eigenvalue weighted by atomic mass is 10.3. The standard InChI is InChI=1S/C6H2BrClFIO/c7-2-1-3(8)4(9)5(10)6(2)11/h1,11H. The van der Waals surface area contributed by atoms with E-state index in [9.17, 15) is 4.39 Å². The third-order valence-corrected chi connectivity index (χ3v) is 2.95. The Balaban J connectivity index is 3.46. The molecule has 0 unspecified atom stereocenters. The van der Waals surface area contributed by atoms with Crippen molar-refractivity contribution in [2.45, 2.75) is 0 Å². The van der Waals surface area contributed by atoms with Gasteiger partial charge in [-0.1, -0.05) is 11.6 Å². The molecule has 0 atom stereocenters. The summed E-state index contributed by atoms with van der Waals surface area (Å²) in [5.74, 6) is -0.708. The van der Waals surface area contributed by atoms with Gasteiger partial charge in [0.1, 0.15) is 5.75 Å².